The Hall–Kier alpha value is -0.450. The van der Waals surface area contributed by atoms with Gasteiger partial charge in [-0.25, -0.2) is 4.39 Å². The van der Waals surface area contributed by atoms with Crippen LogP contribution in [-0.2, 0) is 11.3 Å². The summed E-state index contributed by atoms with van der Waals surface area (Å²) in [5.41, 5.74) is 0.677. The van der Waals surface area contributed by atoms with Crippen molar-refractivity contribution in [3.05, 3.63) is 34.1 Å². The van der Waals surface area contributed by atoms with E-state index in [4.69, 9.17) is 4.74 Å². The van der Waals surface area contributed by atoms with E-state index in [0.717, 1.165) is 17.5 Å². The van der Waals surface area contributed by atoms with Gasteiger partial charge in [0.25, 0.3) is 0 Å². The molecule has 88 valence electrons. The van der Waals surface area contributed by atoms with Gasteiger partial charge in [-0.05, 0) is 25.5 Å². The van der Waals surface area contributed by atoms with E-state index in [9.17, 15) is 4.39 Å². The fourth-order valence-electron chi connectivity index (χ4n) is 1.78. The zero-order chi connectivity index (χ0) is 11.6. The van der Waals surface area contributed by atoms with Crippen LogP contribution >= 0.6 is 15.9 Å². The lowest BCUT2D eigenvalue weighted by molar-refractivity contribution is 0.171. The van der Waals surface area contributed by atoms with E-state index >= 15 is 0 Å². The van der Waals surface area contributed by atoms with Gasteiger partial charge in [0.1, 0.15) is 5.82 Å². The maximum atomic E-state index is 13.5. The maximum Gasteiger partial charge on any atom is 0.128 e. The first-order valence-electron chi connectivity index (χ1n) is 5.36. The molecule has 1 atom stereocenters. The fourth-order valence-corrected chi connectivity index (χ4v) is 2.11. The average Bonchev–Trinajstić information content (AvgIpc) is 2.64. The van der Waals surface area contributed by atoms with E-state index < -0.39 is 0 Å². The van der Waals surface area contributed by atoms with Gasteiger partial charge >= 0.3 is 0 Å². The predicted molar refractivity (Wildman–Crippen MR) is 64.8 cm³/mol. The molecule has 0 aromatic heterocycles. The summed E-state index contributed by atoms with van der Waals surface area (Å²) in [7, 11) is 0. The Balaban J connectivity index is 1.99. The molecule has 4 heteroatoms. The molecule has 0 bridgehead atoms. The average molecular weight is 288 g/mol. The van der Waals surface area contributed by atoms with Gasteiger partial charge in [-0.15, -0.1) is 0 Å². The van der Waals surface area contributed by atoms with Crippen molar-refractivity contribution in [2.75, 3.05) is 13.2 Å². The topological polar surface area (TPSA) is 21.3 Å². The highest BCUT2D eigenvalue weighted by Gasteiger charge is 2.28. The van der Waals surface area contributed by atoms with Crippen molar-refractivity contribution in [1.82, 2.24) is 5.32 Å². The van der Waals surface area contributed by atoms with Gasteiger partial charge in [0.15, 0.2) is 0 Å². The molecule has 0 aliphatic carbocycles. The molecule has 1 N–H and O–H groups in total. The fraction of sp³-hybridized carbons (Fsp3) is 0.500. The highest BCUT2D eigenvalue weighted by molar-refractivity contribution is 9.10. The van der Waals surface area contributed by atoms with Gasteiger partial charge < -0.3 is 10.1 Å². The quantitative estimate of drug-likeness (QED) is 0.923. The minimum absolute atomic E-state index is 0.0144. The van der Waals surface area contributed by atoms with E-state index in [-0.39, 0.29) is 11.4 Å². The summed E-state index contributed by atoms with van der Waals surface area (Å²) in [6.07, 6.45) is 0.977. The third-order valence-corrected chi connectivity index (χ3v) is 3.43. The van der Waals surface area contributed by atoms with Gasteiger partial charge in [-0.1, -0.05) is 22.0 Å². The summed E-state index contributed by atoms with van der Waals surface area (Å²) in [6.45, 7) is 4.13. The molecule has 1 fully saturated rings. The van der Waals surface area contributed by atoms with Crippen LogP contribution < -0.4 is 5.32 Å². The first-order chi connectivity index (χ1) is 7.59. The van der Waals surface area contributed by atoms with Gasteiger partial charge in [0, 0.05) is 28.7 Å². The summed E-state index contributed by atoms with van der Waals surface area (Å²) in [6, 6.07) is 5.14. The zero-order valence-electron chi connectivity index (χ0n) is 9.22. The van der Waals surface area contributed by atoms with Crippen LogP contribution in [0.15, 0.2) is 22.7 Å². The molecule has 0 saturated carbocycles. The van der Waals surface area contributed by atoms with Crippen LogP contribution in [0.1, 0.15) is 18.9 Å². The molecule has 1 heterocycles. The summed E-state index contributed by atoms with van der Waals surface area (Å²) in [4.78, 5) is 0. The van der Waals surface area contributed by atoms with E-state index in [0.29, 0.717) is 18.7 Å². The lowest BCUT2D eigenvalue weighted by atomic mass is 10.0. The predicted octanol–water partition coefficient (Wildman–Crippen LogP) is 2.86. The van der Waals surface area contributed by atoms with Crippen LogP contribution in [0.4, 0.5) is 4.39 Å². The molecule has 1 aliphatic rings. The van der Waals surface area contributed by atoms with Crippen LogP contribution in [0.25, 0.3) is 0 Å². The molecule has 0 spiro atoms. The lowest BCUT2D eigenvalue weighted by Gasteiger charge is -2.23. The van der Waals surface area contributed by atoms with E-state index in [1.54, 1.807) is 6.07 Å². The van der Waals surface area contributed by atoms with E-state index in [1.807, 2.05) is 6.07 Å². The van der Waals surface area contributed by atoms with Crippen LogP contribution in [0.2, 0.25) is 0 Å². The Kier molecular flexibility index (Phi) is 3.62. The first kappa shape index (κ1) is 12.0. The van der Waals surface area contributed by atoms with E-state index in [1.165, 1.54) is 6.07 Å². The number of halogens is 2. The van der Waals surface area contributed by atoms with Crippen molar-refractivity contribution in [1.29, 1.82) is 0 Å². The monoisotopic (exact) mass is 287 g/mol. The summed E-state index contributed by atoms with van der Waals surface area (Å²) in [5, 5.41) is 3.35. The van der Waals surface area contributed by atoms with Crippen molar-refractivity contribution in [3.63, 3.8) is 0 Å². The smallest absolute Gasteiger partial charge is 0.128 e. The molecular weight excluding hydrogens is 273 g/mol. The number of ether oxygens (including phenoxy) is 1. The molecule has 1 aliphatic heterocycles. The van der Waals surface area contributed by atoms with Crippen LogP contribution in [0.5, 0.6) is 0 Å². The molecule has 0 amide bonds. The molecule has 2 nitrogen and oxygen atoms in total. The zero-order valence-corrected chi connectivity index (χ0v) is 10.8. The highest BCUT2D eigenvalue weighted by atomic mass is 79.9. The maximum absolute atomic E-state index is 13.5. The number of hydrogen-bond donors (Lipinski definition) is 1. The Labute approximate surface area is 103 Å². The third kappa shape index (κ3) is 2.81. The van der Waals surface area contributed by atoms with Crippen molar-refractivity contribution in [2.24, 2.45) is 0 Å². The number of nitrogens with one attached hydrogen (secondary N) is 1. The minimum Gasteiger partial charge on any atom is -0.379 e. The second-order valence-corrected chi connectivity index (χ2v) is 5.37. The van der Waals surface area contributed by atoms with Gasteiger partial charge in [-0.2, -0.15) is 0 Å². The molecule has 1 saturated heterocycles. The summed E-state index contributed by atoms with van der Waals surface area (Å²) >= 11 is 3.24. The number of benzene rings is 1. The molecule has 1 aromatic carbocycles. The van der Waals surface area contributed by atoms with Crippen molar-refractivity contribution < 1.29 is 9.13 Å². The third-order valence-electron chi connectivity index (χ3n) is 2.94. The van der Waals surface area contributed by atoms with Crippen molar-refractivity contribution >= 4 is 15.9 Å². The Bertz CT molecular complexity index is 377. The normalized spacial score (nSPS) is 24.9. The SMILES string of the molecule is CC1(NCc2ccc(Br)cc2F)CCOC1. The Morgan fingerprint density at radius 2 is 2.38 bits per heavy atom. The summed E-state index contributed by atoms with van der Waals surface area (Å²) in [5.74, 6) is -0.176. The Morgan fingerprint density at radius 1 is 1.56 bits per heavy atom. The highest BCUT2D eigenvalue weighted by Crippen LogP contribution is 2.20. The number of hydrogen-bond acceptors (Lipinski definition) is 2. The lowest BCUT2D eigenvalue weighted by Crippen LogP contribution is -2.42. The van der Waals surface area contributed by atoms with Crippen LogP contribution in [0.3, 0.4) is 0 Å². The first-order valence-corrected chi connectivity index (χ1v) is 6.15. The minimum atomic E-state index is -0.176. The number of rotatable bonds is 3. The molecule has 1 unspecified atom stereocenters. The van der Waals surface area contributed by atoms with Crippen molar-refractivity contribution in [3.8, 4) is 0 Å². The molecular formula is C12H15BrFNO. The molecule has 2 rings (SSSR count). The largest absolute Gasteiger partial charge is 0.379 e. The second-order valence-electron chi connectivity index (χ2n) is 4.45. The molecule has 0 radical (unpaired) electrons. The van der Waals surface area contributed by atoms with Gasteiger partial charge in [0.2, 0.25) is 0 Å². The van der Waals surface area contributed by atoms with Gasteiger partial charge in [-0.3, -0.25) is 0 Å². The second kappa shape index (κ2) is 4.82. The van der Waals surface area contributed by atoms with Gasteiger partial charge in [0.05, 0.1) is 6.61 Å². The molecule has 16 heavy (non-hydrogen) atoms. The molecule has 1 aromatic rings. The standard InChI is InChI=1S/C12H15BrFNO/c1-12(4-5-16-8-12)15-7-9-2-3-10(13)6-11(9)14/h2-3,6,15H,4-5,7-8H2,1H3. The van der Waals surface area contributed by atoms with Crippen molar-refractivity contribution in [2.45, 2.75) is 25.4 Å². The summed E-state index contributed by atoms with van der Waals surface area (Å²) < 4.78 is 19.6. The van der Waals surface area contributed by atoms with Crippen LogP contribution in [0, 0.1) is 5.82 Å². The van der Waals surface area contributed by atoms with Crippen LogP contribution in [-0.4, -0.2) is 18.8 Å². The Morgan fingerprint density at radius 3 is 3.00 bits per heavy atom. The van der Waals surface area contributed by atoms with E-state index in [2.05, 4.69) is 28.2 Å².